The van der Waals surface area contributed by atoms with Crippen LogP contribution in [0.4, 0.5) is 0 Å². The third kappa shape index (κ3) is 2.75. The number of hydrogen-bond donors (Lipinski definition) is 1. The predicted octanol–water partition coefficient (Wildman–Crippen LogP) is 1.85. The Balaban J connectivity index is 2.05. The molecule has 102 valence electrons. The molecule has 4 heteroatoms. The van der Waals surface area contributed by atoms with Gasteiger partial charge < -0.3 is 10.3 Å². The van der Waals surface area contributed by atoms with Crippen molar-refractivity contribution >= 4 is 0 Å². The molecule has 0 amide bonds. The first-order valence-electron chi connectivity index (χ1n) is 7.00. The van der Waals surface area contributed by atoms with E-state index in [1.165, 1.54) is 18.7 Å². The Morgan fingerprint density at radius 2 is 2.22 bits per heavy atom. The fourth-order valence-corrected chi connectivity index (χ4v) is 2.62. The summed E-state index contributed by atoms with van der Waals surface area (Å²) < 4.78 is 2.25. The van der Waals surface area contributed by atoms with Gasteiger partial charge in [0.05, 0.1) is 6.54 Å². The number of nitrogens with zero attached hydrogens (tertiary/aromatic N) is 3. The smallest absolute Gasteiger partial charge is 0.122 e. The molecule has 0 aromatic carbocycles. The fourth-order valence-electron chi connectivity index (χ4n) is 2.62. The van der Waals surface area contributed by atoms with Crippen LogP contribution in [0.1, 0.15) is 39.4 Å². The zero-order chi connectivity index (χ0) is 13.2. The molecule has 1 aliphatic heterocycles. The lowest BCUT2D eigenvalue weighted by Crippen LogP contribution is -2.54. The van der Waals surface area contributed by atoms with E-state index in [1.807, 2.05) is 6.20 Å². The van der Waals surface area contributed by atoms with Crippen molar-refractivity contribution in [2.45, 2.75) is 52.2 Å². The molecular weight excluding hydrogens is 224 g/mol. The summed E-state index contributed by atoms with van der Waals surface area (Å²) in [5, 5.41) is 0. The zero-order valence-corrected chi connectivity index (χ0v) is 11.9. The van der Waals surface area contributed by atoms with Crippen LogP contribution in [0.3, 0.4) is 0 Å². The van der Waals surface area contributed by atoms with Gasteiger partial charge in [-0.05, 0) is 25.7 Å². The Kier molecular flexibility index (Phi) is 4.07. The van der Waals surface area contributed by atoms with Gasteiger partial charge in [0.25, 0.3) is 0 Å². The third-order valence-electron chi connectivity index (χ3n) is 4.21. The lowest BCUT2D eigenvalue weighted by atomic mass is 9.89. The van der Waals surface area contributed by atoms with Crippen LogP contribution in [0.5, 0.6) is 0 Å². The van der Waals surface area contributed by atoms with E-state index in [2.05, 4.69) is 41.4 Å². The number of hydrogen-bond acceptors (Lipinski definition) is 3. The van der Waals surface area contributed by atoms with E-state index in [0.717, 1.165) is 32.1 Å². The Morgan fingerprint density at radius 3 is 2.89 bits per heavy atom. The highest BCUT2D eigenvalue weighted by molar-refractivity contribution is 4.99. The molecule has 1 aromatic rings. The second-order valence-electron chi connectivity index (χ2n) is 6.09. The molecule has 0 bridgehead atoms. The van der Waals surface area contributed by atoms with Crippen LogP contribution in [0.2, 0.25) is 0 Å². The Hall–Kier alpha value is -0.870. The van der Waals surface area contributed by atoms with E-state index in [9.17, 15) is 0 Å². The zero-order valence-electron chi connectivity index (χ0n) is 11.9. The monoisotopic (exact) mass is 250 g/mol. The van der Waals surface area contributed by atoms with Crippen LogP contribution in [0.25, 0.3) is 0 Å². The standard InChI is InChI=1S/C14H26N4/c1-12(2)4-5-14(3,11-15)18-9-8-17-7-6-16-13(17)10-18/h6-7,12H,4-5,8-11,15H2,1-3H3. The van der Waals surface area contributed by atoms with Crippen molar-refractivity contribution in [3.8, 4) is 0 Å². The fraction of sp³-hybridized carbons (Fsp3) is 0.786. The van der Waals surface area contributed by atoms with Gasteiger partial charge in [0, 0.05) is 37.6 Å². The first kappa shape index (κ1) is 13.6. The minimum absolute atomic E-state index is 0.113. The highest BCUT2D eigenvalue weighted by Gasteiger charge is 2.33. The molecule has 0 fully saturated rings. The van der Waals surface area contributed by atoms with Crippen LogP contribution < -0.4 is 5.73 Å². The first-order valence-corrected chi connectivity index (χ1v) is 7.00. The Bertz CT molecular complexity index is 385. The number of nitrogens with two attached hydrogens (primary N) is 1. The van der Waals surface area contributed by atoms with Crippen molar-refractivity contribution in [3.05, 3.63) is 18.2 Å². The van der Waals surface area contributed by atoms with Gasteiger partial charge in [0.2, 0.25) is 0 Å². The molecule has 2 heterocycles. The number of fused-ring (bicyclic) bond motifs is 1. The van der Waals surface area contributed by atoms with Gasteiger partial charge >= 0.3 is 0 Å². The average molecular weight is 250 g/mol. The van der Waals surface area contributed by atoms with E-state index >= 15 is 0 Å². The van der Waals surface area contributed by atoms with Crippen LogP contribution in [-0.2, 0) is 13.1 Å². The molecule has 0 saturated heterocycles. The molecule has 1 aromatic heterocycles. The van der Waals surface area contributed by atoms with Gasteiger partial charge in [-0.15, -0.1) is 0 Å². The highest BCUT2D eigenvalue weighted by atomic mass is 15.3. The maximum Gasteiger partial charge on any atom is 0.122 e. The molecule has 0 aliphatic carbocycles. The topological polar surface area (TPSA) is 47.1 Å². The van der Waals surface area contributed by atoms with Crippen LogP contribution >= 0.6 is 0 Å². The molecular formula is C14H26N4. The summed E-state index contributed by atoms with van der Waals surface area (Å²) in [7, 11) is 0. The SMILES string of the molecule is CC(C)CCC(C)(CN)N1CCn2ccnc2C1. The second kappa shape index (κ2) is 5.41. The van der Waals surface area contributed by atoms with Crippen molar-refractivity contribution in [1.29, 1.82) is 0 Å². The van der Waals surface area contributed by atoms with E-state index in [1.54, 1.807) is 0 Å². The summed E-state index contributed by atoms with van der Waals surface area (Å²) >= 11 is 0. The summed E-state index contributed by atoms with van der Waals surface area (Å²) in [4.78, 5) is 6.94. The molecule has 0 saturated carbocycles. The Labute approximate surface area is 110 Å². The number of imidazole rings is 1. The van der Waals surface area contributed by atoms with E-state index < -0.39 is 0 Å². The summed E-state index contributed by atoms with van der Waals surface area (Å²) in [5.41, 5.74) is 6.16. The summed E-state index contributed by atoms with van der Waals surface area (Å²) in [6, 6.07) is 0. The third-order valence-corrected chi connectivity index (χ3v) is 4.21. The molecule has 1 unspecified atom stereocenters. The molecule has 2 rings (SSSR count). The maximum atomic E-state index is 6.05. The molecule has 0 radical (unpaired) electrons. The van der Waals surface area contributed by atoms with Gasteiger partial charge in [0.15, 0.2) is 0 Å². The Morgan fingerprint density at radius 1 is 1.44 bits per heavy atom. The highest BCUT2D eigenvalue weighted by Crippen LogP contribution is 2.26. The molecule has 2 N–H and O–H groups in total. The van der Waals surface area contributed by atoms with Crippen LogP contribution in [-0.4, -0.2) is 33.1 Å². The van der Waals surface area contributed by atoms with Gasteiger partial charge in [-0.1, -0.05) is 13.8 Å². The lowest BCUT2D eigenvalue weighted by molar-refractivity contribution is 0.0655. The van der Waals surface area contributed by atoms with Crippen LogP contribution in [0, 0.1) is 5.92 Å². The van der Waals surface area contributed by atoms with E-state index in [4.69, 9.17) is 5.73 Å². The minimum atomic E-state index is 0.113. The van der Waals surface area contributed by atoms with Crippen LogP contribution in [0.15, 0.2) is 12.4 Å². The normalized spacial score (nSPS) is 19.8. The van der Waals surface area contributed by atoms with E-state index in [-0.39, 0.29) is 5.54 Å². The van der Waals surface area contributed by atoms with Crippen molar-refractivity contribution in [2.24, 2.45) is 11.7 Å². The van der Waals surface area contributed by atoms with Crippen molar-refractivity contribution in [1.82, 2.24) is 14.5 Å². The van der Waals surface area contributed by atoms with Crippen molar-refractivity contribution in [3.63, 3.8) is 0 Å². The maximum absolute atomic E-state index is 6.05. The molecule has 1 aliphatic rings. The number of aromatic nitrogens is 2. The van der Waals surface area contributed by atoms with Crippen molar-refractivity contribution < 1.29 is 0 Å². The summed E-state index contributed by atoms with van der Waals surface area (Å²) in [6.07, 6.45) is 6.37. The van der Waals surface area contributed by atoms with Crippen molar-refractivity contribution in [2.75, 3.05) is 13.1 Å². The molecule has 1 atom stereocenters. The van der Waals surface area contributed by atoms with E-state index in [0.29, 0.717) is 0 Å². The largest absolute Gasteiger partial charge is 0.333 e. The molecule has 4 nitrogen and oxygen atoms in total. The number of rotatable bonds is 5. The second-order valence-corrected chi connectivity index (χ2v) is 6.09. The minimum Gasteiger partial charge on any atom is -0.333 e. The lowest BCUT2D eigenvalue weighted by Gasteiger charge is -2.43. The summed E-state index contributed by atoms with van der Waals surface area (Å²) in [5.74, 6) is 1.91. The first-order chi connectivity index (χ1) is 8.55. The summed E-state index contributed by atoms with van der Waals surface area (Å²) in [6.45, 7) is 10.6. The average Bonchev–Trinajstić information content (AvgIpc) is 2.83. The van der Waals surface area contributed by atoms with Gasteiger partial charge in [-0.25, -0.2) is 4.98 Å². The quantitative estimate of drug-likeness (QED) is 0.867. The van der Waals surface area contributed by atoms with Gasteiger partial charge in [0.1, 0.15) is 5.82 Å². The molecule has 0 spiro atoms. The van der Waals surface area contributed by atoms with Gasteiger partial charge in [-0.2, -0.15) is 0 Å². The predicted molar refractivity (Wildman–Crippen MR) is 74.2 cm³/mol. The molecule has 18 heavy (non-hydrogen) atoms. The van der Waals surface area contributed by atoms with Gasteiger partial charge in [-0.3, -0.25) is 4.90 Å².